The molecule has 3 heterocycles. The van der Waals surface area contributed by atoms with Crippen LogP contribution >= 0.6 is 0 Å². The van der Waals surface area contributed by atoms with E-state index in [1.54, 1.807) is 0 Å². The lowest BCUT2D eigenvalue weighted by Gasteiger charge is -2.32. The minimum atomic E-state index is 0.0467. The van der Waals surface area contributed by atoms with Crippen LogP contribution in [0.25, 0.3) is 0 Å². The molecular formula is C20H33N5O2. The Kier molecular flexibility index (Phi) is 7.86. The van der Waals surface area contributed by atoms with Crippen LogP contribution in [0.15, 0.2) is 24.4 Å². The van der Waals surface area contributed by atoms with Gasteiger partial charge in [-0.2, -0.15) is 0 Å². The van der Waals surface area contributed by atoms with Crippen molar-refractivity contribution in [1.29, 1.82) is 0 Å². The van der Waals surface area contributed by atoms with Crippen LogP contribution in [0, 0.1) is 5.92 Å². The lowest BCUT2D eigenvalue weighted by atomic mass is 9.99. The first-order chi connectivity index (χ1) is 13.2. The van der Waals surface area contributed by atoms with Crippen molar-refractivity contribution >= 4 is 6.03 Å². The fourth-order valence-corrected chi connectivity index (χ4v) is 3.99. The zero-order valence-corrected chi connectivity index (χ0v) is 16.2. The number of nitrogens with zero attached hydrogens (tertiary/aromatic N) is 4. The molecular weight excluding hydrogens is 342 g/mol. The van der Waals surface area contributed by atoms with Crippen LogP contribution in [0.2, 0.25) is 0 Å². The Hall–Kier alpha value is -1.70. The summed E-state index contributed by atoms with van der Waals surface area (Å²) >= 11 is 0. The number of piperidine rings is 1. The van der Waals surface area contributed by atoms with E-state index in [4.69, 9.17) is 0 Å². The van der Waals surface area contributed by atoms with Gasteiger partial charge in [0.1, 0.15) is 0 Å². The van der Waals surface area contributed by atoms with E-state index in [2.05, 4.69) is 26.2 Å². The number of aromatic nitrogens is 1. The number of hydrogen-bond donors (Lipinski definition) is 2. The number of urea groups is 1. The molecule has 27 heavy (non-hydrogen) atoms. The van der Waals surface area contributed by atoms with E-state index >= 15 is 0 Å². The van der Waals surface area contributed by atoms with E-state index in [9.17, 15) is 9.90 Å². The van der Waals surface area contributed by atoms with Crippen molar-refractivity contribution in [3.05, 3.63) is 30.1 Å². The fourth-order valence-electron chi connectivity index (χ4n) is 3.99. The Morgan fingerprint density at radius 2 is 2.04 bits per heavy atom. The molecule has 150 valence electrons. The van der Waals surface area contributed by atoms with Crippen LogP contribution in [-0.2, 0) is 6.54 Å². The molecule has 2 saturated heterocycles. The largest absolute Gasteiger partial charge is 0.396 e. The summed E-state index contributed by atoms with van der Waals surface area (Å²) < 4.78 is 0. The van der Waals surface area contributed by atoms with E-state index < -0.39 is 0 Å². The van der Waals surface area contributed by atoms with E-state index in [1.165, 1.54) is 0 Å². The predicted octanol–water partition coefficient (Wildman–Crippen LogP) is 1.00. The molecule has 2 aliphatic heterocycles. The predicted molar refractivity (Wildman–Crippen MR) is 105 cm³/mol. The summed E-state index contributed by atoms with van der Waals surface area (Å²) in [6.07, 6.45) is 5.07. The highest BCUT2D eigenvalue weighted by Crippen LogP contribution is 2.15. The quantitative estimate of drug-likeness (QED) is 0.776. The molecule has 7 heteroatoms. The van der Waals surface area contributed by atoms with Gasteiger partial charge in [0.05, 0.1) is 5.69 Å². The first-order valence-corrected chi connectivity index (χ1v) is 10.2. The maximum absolute atomic E-state index is 12.5. The summed E-state index contributed by atoms with van der Waals surface area (Å²) in [7, 11) is 0. The van der Waals surface area contributed by atoms with Crippen LogP contribution in [0.3, 0.4) is 0 Å². The lowest BCUT2D eigenvalue weighted by molar-refractivity contribution is 0.120. The number of hydrogen-bond acceptors (Lipinski definition) is 5. The van der Waals surface area contributed by atoms with Crippen molar-refractivity contribution in [2.45, 2.75) is 25.8 Å². The molecule has 7 nitrogen and oxygen atoms in total. The third-order valence-corrected chi connectivity index (χ3v) is 5.55. The fraction of sp³-hybridized carbons (Fsp3) is 0.700. The molecule has 0 radical (unpaired) electrons. The molecule has 2 aliphatic rings. The Bertz CT molecular complexity index is 571. The van der Waals surface area contributed by atoms with Gasteiger partial charge in [-0.1, -0.05) is 6.07 Å². The average Bonchev–Trinajstić information content (AvgIpc) is 2.94. The molecule has 3 rings (SSSR count). The molecule has 0 aliphatic carbocycles. The van der Waals surface area contributed by atoms with E-state index in [0.29, 0.717) is 12.5 Å². The monoisotopic (exact) mass is 375 g/mol. The highest BCUT2D eigenvalue weighted by Gasteiger charge is 2.21. The summed E-state index contributed by atoms with van der Waals surface area (Å²) in [5.74, 6) is 0.394. The highest BCUT2D eigenvalue weighted by atomic mass is 16.3. The van der Waals surface area contributed by atoms with Crippen molar-refractivity contribution in [1.82, 2.24) is 25.0 Å². The molecule has 1 atom stereocenters. The van der Waals surface area contributed by atoms with Crippen molar-refractivity contribution in [2.75, 3.05) is 59.0 Å². The minimum Gasteiger partial charge on any atom is -0.396 e. The molecule has 2 fully saturated rings. The average molecular weight is 376 g/mol. The van der Waals surface area contributed by atoms with Gasteiger partial charge in [-0.3, -0.25) is 9.88 Å². The molecule has 2 amide bonds. The van der Waals surface area contributed by atoms with Gasteiger partial charge < -0.3 is 20.2 Å². The van der Waals surface area contributed by atoms with Gasteiger partial charge in [-0.05, 0) is 43.9 Å². The minimum absolute atomic E-state index is 0.0467. The number of aliphatic hydroxyl groups is 1. The Labute approximate surface area is 162 Å². The van der Waals surface area contributed by atoms with Crippen LogP contribution in [0.5, 0.6) is 0 Å². The van der Waals surface area contributed by atoms with Crippen molar-refractivity contribution in [3.63, 3.8) is 0 Å². The van der Waals surface area contributed by atoms with Gasteiger partial charge in [0.2, 0.25) is 0 Å². The summed E-state index contributed by atoms with van der Waals surface area (Å²) in [4.78, 5) is 23.6. The van der Waals surface area contributed by atoms with Gasteiger partial charge >= 0.3 is 6.03 Å². The number of carbonyl (C=O) groups excluding carboxylic acids is 1. The molecule has 1 aromatic rings. The maximum atomic E-state index is 12.5. The molecule has 2 N–H and O–H groups in total. The van der Waals surface area contributed by atoms with Crippen LogP contribution in [0.4, 0.5) is 4.79 Å². The van der Waals surface area contributed by atoms with Crippen LogP contribution < -0.4 is 5.32 Å². The van der Waals surface area contributed by atoms with Crippen LogP contribution in [-0.4, -0.2) is 89.8 Å². The zero-order valence-electron chi connectivity index (χ0n) is 16.2. The zero-order chi connectivity index (χ0) is 18.9. The van der Waals surface area contributed by atoms with Crippen molar-refractivity contribution in [3.8, 4) is 0 Å². The van der Waals surface area contributed by atoms with Crippen LogP contribution in [0.1, 0.15) is 25.0 Å². The first-order valence-electron chi connectivity index (χ1n) is 10.2. The number of pyridine rings is 1. The van der Waals surface area contributed by atoms with Gasteiger partial charge in [0, 0.05) is 65.2 Å². The third-order valence-electron chi connectivity index (χ3n) is 5.55. The van der Waals surface area contributed by atoms with Gasteiger partial charge in [0.25, 0.3) is 0 Å². The van der Waals surface area contributed by atoms with Gasteiger partial charge in [-0.15, -0.1) is 0 Å². The second-order valence-electron chi connectivity index (χ2n) is 7.66. The Balaban J connectivity index is 1.36. The summed E-state index contributed by atoms with van der Waals surface area (Å²) in [5.41, 5.74) is 1.08. The first kappa shape index (κ1) is 20.0. The van der Waals surface area contributed by atoms with Gasteiger partial charge in [-0.25, -0.2) is 4.79 Å². The number of nitrogens with one attached hydrogen (secondary N) is 1. The number of likely N-dealkylation sites (tertiary alicyclic amines) is 1. The molecule has 0 bridgehead atoms. The van der Waals surface area contributed by atoms with Crippen molar-refractivity contribution < 1.29 is 9.90 Å². The molecule has 0 unspecified atom stereocenters. The summed E-state index contributed by atoms with van der Waals surface area (Å²) in [5, 5.41) is 12.4. The second-order valence-corrected chi connectivity index (χ2v) is 7.66. The van der Waals surface area contributed by atoms with E-state index in [0.717, 1.165) is 77.3 Å². The topological polar surface area (TPSA) is 71.9 Å². The molecule has 0 saturated carbocycles. The highest BCUT2D eigenvalue weighted by molar-refractivity contribution is 5.74. The molecule has 0 aromatic carbocycles. The van der Waals surface area contributed by atoms with Gasteiger partial charge in [0.15, 0.2) is 0 Å². The van der Waals surface area contributed by atoms with Crippen molar-refractivity contribution in [2.24, 2.45) is 5.92 Å². The number of carbonyl (C=O) groups is 1. The third kappa shape index (κ3) is 6.45. The smallest absolute Gasteiger partial charge is 0.317 e. The molecule has 1 aromatic heterocycles. The summed E-state index contributed by atoms with van der Waals surface area (Å²) in [6.45, 7) is 8.11. The SMILES string of the molecule is O=C(NCCN1CCC[C@@H](CO)C1)N1CCCN(Cc2ccccn2)CC1. The molecule has 0 spiro atoms. The number of amides is 2. The van der Waals surface area contributed by atoms with E-state index in [-0.39, 0.29) is 12.6 Å². The second kappa shape index (κ2) is 10.6. The standard InChI is InChI=1S/C20H33N5O2/c26-17-18-5-3-9-23(15-18)12-8-22-20(27)25-11-4-10-24(13-14-25)16-19-6-1-2-7-21-19/h1-2,6-7,18,26H,3-5,8-17H2,(H,22,27)/t18-/m1/s1. The lowest BCUT2D eigenvalue weighted by Crippen LogP contribution is -2.46. The summed E-state index contributed by atoms with van der Waals surface area (Å²) in [6, 6.07) is 6.05. The van der Waals surface area contributed by atoms with E-state index in [1.807, 2.05) is 23.2 Å². The number of rotatable bonds is 6. The number of aliphatic hydroxyl groups excluding tert-OH is 1. The Morgan fingerprint density at radius 1 is 1.15 bits per heavy atom. The normalized spacial score (nSPS) is 22.4. The maximum Gasteiger partial charge on any atom is 0.317 e. The Morgan fingerprint density at radius 3 is 2.85 bits per heavy atom.